The number of hydrogen-bond donors (Lipinski definition) is 2. The first-order valence-electron chi connectivity index (χ1n) is 6.41. The summed E-state index contributed by atoms with van der Waals surface area (Å²) >= 11 is 0. The smallest absolute Gasteiger partial charge is 0.0556 e. The standard InChI is InChI=1S/C16H17NO/c18-10-9-17-16-11-12-5-1-2-6-13(12)14-7-3-4-8-15(14)16/h1-8,16-18H,9-11H2. The van der Waals surface area contributed by atoms with Crippen molar-refractivity contribution in [3.05, 3.63) is 59.7 Å². The molecule has 0 aromatic heterocycles. The molecule has 0 amide bonds. The fourth-order valence-electron chi connectivity index (χ4n) is 2.76. The van der Waals surface area contributed by atoms with E-state index in [-0.39, 0.29) is 6.61 Å². The van der Waals surface area contributed by atoms with Gasteiger partial charge in [-0.1, -0.05) is 48.5 Å². The molecular formula is C16H17NO. The Kier molecular flexibility index (Phi) is 3.13. The minimum absolute atomic E-state index is 0.181. The predicted octanol–water partition coefficient (Wildman–Crippen LogP) is 2.53. The molecule has 0 aliphatic heterocycles. The van der Waals surface area contributed by atoms with Gasteiger partial charge in [0.2, 0.25) is 0 Å². The maximum atomic E-state index is 8.98. The van der Waals surface area contributed by atoms with Gasteiger partial charge < -0.3 is 10.4 Å². The topological polar surface area (TPSA) is 32.3 Å². The monoisotopic (exact) mass is 239 g/mol. The first kappa shape index (κ1) is 11.5. The summed E-state index contributed by atoms with van der Waals surface area (Å²) in [5.74, 6) is 0. The SMILES string of the molecule is OCCNC1Cc2ccccc2-c2ccccc21. The molecule has 3 rings (SSSR count). The fraction of sp³-hybridized carbons (Fsp3) is 0.250. The molecule has 1 aliphatic carbocycles. The molecule has 18 heavy (non-hydrogen) atoms. The number of aliphatic hydroxyl groups excluding tert-OH is 1. The Morgan fingerprint density at radius 2 is 1.72 bits per heavy atom. The van der Waals surface area contributed by atoms with Crippen molar-refractivity contribution < 1.29 is 5.11 Å². The van der Waals surface area contributed by atoms with Crippen LogP contribution in [-0.2, 0) is 6.42 Å². The van der Waals surface area contributed by atoms with Gasteiger partial charge in [0.15, 0.2) is 0 Å². The highest BCUT2D eigenvalue weighted by Gasteiger charge is 2.23. The van der Waals surface area contributed by atoms with Crippen LogP contribution in [0.4, 0.5) is 0 Å². The quantitative estimate of drug-likeness (QED) is 0.862. The van der Waals surface area contributed by atoms with Crippen LogP contribution in [-0.4, -0.2) is 18.3 Å². The van der Waals surface area contributed by atoms with Crippen LogP contribution in [0.1, 0.15) is 17.2 Å². The maximum absolute atomic E-state index is 8.98. The van der Waals surface area contributed by atoms with Crippen LogP contribution in [0.25, 0.3) is 11.1 Å². The largest absolute Gasteiger partial charge is 0.395 e. The number of rotatable bonds is 3. The summed E-state index contributed by atoms with van der Waals surface area (Å²) < 4.78 is 0. The lowest BCUT2D eigenvalue weighted by Gasteiger charge is -2.28. The third kappa shape index (κ3) is 1.94. The highest BCUT2D eigenvalue weighted by atomic mass is 16.3. The highest BCUT2D eigenvalue weighted by Crippen LogP contribution is 2.37. The number of fused-ring (bicyclic) bond motifs is 3. The zero-order valence-corrected chi connectivity index (χ0v) is 10.3. The second kappa shape index (κ2) is 4.92. The van der Waals surface area contributed by atoms with Gasteiger partial charge in [-0.2, -0.15) is 0 Å². The first-order chi connectivity index (χ1) is 8.90. The minimum Gasteiger partial charge on any atom is -0.395 e. The van der Waals surface area contributed by atoms with Gasteiger partial charge in [-0.15, -0.1) is 0 Å². The Morgan fingerprint density at radius 3 is 2.56 bits per heavy atom. The summed E-state index contributed by atoms with van der Waals surface area (Å²) in [4.78, 5) is 0. The maximum Gasteiger partial charge on any atom is 0.0556 e. The van der Waals surface area contributed by atoms with E-state index in [1.165, 1.54) is 22.3 Å². The summed E-state index contributed by atoms with van der Waals surface area (Å²) in [6, 6.07) is 17.4. The second-order valence-electron chi connectivity index (χ2n) is 4.68. The van der Waals surface area contributed by atoms with Gasteiger partial charge >= 0.3 is 0 Å². The molecule has 0 saturated heterocycles. The van der Waals surface area contributed by atoms with Crippen molar-refractivity contribution in [1.82, 2.24) is 5.32 Å². The van der Waals surface area contributed by atoms with E-state index in [4.69, 9.17) is 5.11 Å². The Balaban J connectivity index is 2.05. The zero-order chi connectivity index (χ0) is 12.4. The van der Waals surface area contributed by atoms with Gasteiger partial charge in [0.1, 0.15) is 0 Å². The number of aliphatic hydroxyl groups is 1. The molecule has 92 valence electrons. The van der Waals surface area contributed by atoms with Crippen molar-refractivity contribution in [3.8, 4) is 11.1 Å². The molecule has 2 heteroatoms. The second-order valence-corrected chi connectivity index (χ2v) is 4.68. The third-order valence-corrected chi connectivity index (χ3v) is 3.57. The fourth-order valence-corrected chi connectivity index (χ4v) is 2.76. The molecule has 2 aromatic carbocycles. The van der Waals surface area contributed by atoms with Gasteiger partial charge in [0, 0.05) is 12.6 Å². The molecule has 0 spiro atoms. The van der Waals surface area contributed by atoms with Crippen LogP contribution >= 0.6 is 0 Å². The van der Waals surface area contributed by atoms with E-state index in [0.717, 1.165) is 6.42 Å². The lowest BCUT2D eigenvalue weighted by molar-refractivity contribution is 0.284. The average molecular weight is 239 g/mol. The van der Waals surface area contributed by atoms with E-state index in [9.17, 15) is 0 Å². The van der Waals surface area contributed by atoms with Crippen LogP contribution in [0.2, 0.25) is 0 Å². The van der Waals surface area contributed by atoms with E-state index >= 15 is 0 Å². The van der Waals surface area contributed by atoms with E-state index in [1.54, 1.807) is 0 Å². The number of nitrogens with one attached hydrogen (secondary N) is 1. The van der Waals surface area contributed by atoms with Crippen LogP contribution in [0.3, 0.4) is 0 Å². The van der Waals surface area contributed by atoms with E-state index in [0.29, 0.717) is 12.6 Å². The van der Waals surface area contributed by atoms with Gasteiger partial charge in [0.05, 0.1) is 6.61 Å². The summed E-state index contributed by atoms with van der Waals surface area (Å²) in [6.07, 6.45) is 0.993. The minimum atomic E-state index is 0.181. The highest BCUT2D eigenvalue weighted by molar-refractivity contribution is 5.73. The van der Waals surface area contributed by atoms with Crippen LogP contribution in [0.5, 0.6) is 0 Å². The zero-order valence-electron chi connectivity index (χ0n) is 10.3. The van der Waals surface area contributed by atoms with E-state index in [1.807, 2.05) is 0 Å². The summed E-state index contributed by atoms with van der Waals surface area (Å²) in [5.41, 5.74) is 5.38. The van der Waals surface area contributed by atoms with Gasteiger partial charge in [0.25, 0.3) is 0 Å². The van der Waals surface area contributed by atoms with E-state index < -0.39 is 0 Å². The molecule has 2 aromatic rings. The molecular weight excluding hydrogens is 222 g/mol. The van der Waals surface area contributed by atoms with E-state index in [2.05, 4.69) is 53.8 Å². The molecule has 1 aliphatic rings. The van der Waals surface area contributed by atoms with Crippen molar-refractivity contribution >= 4 is 0 Å². The summed E-state index contributed by atoms with van der Waals surface area (Å²) in [6.45, 7) is 0.821. The van der Waals surface area contributed by atoms with Crippen LogP contribution in [0.15, 0.2) is 48.5 Å². The molecule has 1 atom stereocenters. The molecule has 0 fully saturated rings. The van der Waals surface area contributed by atoms with Crippen molar-refractivity contribution in [3.63, 3.8) is 0 Å². The molecule has 1 unspecified atom stereocenters. The Morgan fingerprint density at radius 1 is 1.00 bits per heavy atom. The van der Waals surface area contributed by atoms with Gasteiger partial charge in [-0.25, -0.2) is 0 Å². The van der Waals surface area contributed by atoms with Gasteiger partial charge in [-0.05, 0) is 28.7 Å². The Hall–Kier alpha value is -1.64. The predicted molar refractivity (Wildman–Crippen MR) is 73.4 cm³/mol. The normalized spacial score (nSPS) is 17.1. The van der Waals surface area contributed by atoms with Crippen molar-refractivity contribution in [2.45, 2.75) is 12.5 Å². The molecule has 2 N–H and O–H groups in total. The Labute approximate surface area is 107 Å². The first-order valence-corrected chi connectivity index (χ1v) is 6.41. The number of benzene rings is 2. The lowest BCUT2D eigenvalue weighted by atomic mass is 9.82. The molecule has 0 saturated carbocycles. The summed E-state index contributed by atoms with van der Waals surface area (Å²) in [5, 5.41) is 12.4. The van der Waals surface area contributed by atoms with Crippen molar-refractivity contribution in [1.29, 1.82) is 0 Å². The molecule has 2 nitrogen and oxygen atoms in total. The Bertz CT molecular complexity index is 550. The lowest BCUT2D eigenvalue weighted by Crippen LogP contribution is -2.28. The molecule has 0 heterocycles. The number of hydrogen-bond acceptors (Lipinski definition) is 2. The van der Waals surface area contributed by atoms with Crippen molar-refractivity contribution in [2.75, 3.05) is 13.2 Å². The average Bonchev–Trinajstić information content (AvgIpc) is 2.45. The third-order valence-electron chi connectivity index (χ3n) is 3.57. The summed E-state index contributed by atoms with van der Waals surface area (Å²) in [7, 11) is 0. The molecule has 0 bridgehead atoms. The van der Waals surface area contributed by atoms with Gasteiger partial charge in [-0.3, -0.25) is 0 Å². The van der Waals surface area contributed by atoms with Crippen LogP contribution < -0.4 is 5.32 Å². The van der Waals surface area contributed by atoms with Crippen molar-refractivity contribution in [2.24, 2.45) is 0 Å². The molecule has 0 radical (unpaired) electrons. The van der Waals surface area contributed by atoms with Crippen LogP contribution in [0, 0.1) is 0 Å².